The van der Waals surface area contributed by atoms with Crippen LogP contribution in [0.1, 0.15) is 52.9 Å². The van der Waals surface area contributed by atoms with Crippen molar-refractivity contribution in [3.05, 3.63) is 75.0 Å². The van der Waals surface area contributed by atoms with Gasteiger partial charge >= 0.3 is 5.97 Å². The smallest absolute Gasteiger partial charge is 0.345 e. The van der Waals surface area contributed by atoms with Crippen molar-refractivity contribution < 1.29 is 19.1 Å². The topological polar surface area (TPSA) is 106 Å². The molecule has 10 heteroatoms. The van der Waals surface area contributed by atoms with Crippen molar-refractivity contribution in [3.63, 3.8) is 0 Å². The lowest BCUT2D eigenvalue weighted by molar-refractivity contribution is 0.0729. The van der Waals surface area contributed by atoms with Gasteiger partial charge in [0.1, 0.15) is 0 Å². The number of halogens is 2. The van der Waals surface area contributed by atoms with Gasteiger partial charge < -0.3 is 9.47 Å². The van der Waals surface area contributed by atoms with E-state index < -0.39 is 11.9 Å². The normalized spacial score (nSPS) is 11.5. The molecular weight excluding hydrogens is 467 g/mol. The number of amides is 1. The van der Waals surface area contributed by atoms with Crippen LogP contribution >= 0.6 is 23.2 Å². The molecule has 0 atom stereocenters. The molecule has 0 aliphatic heterocycles. The predicted octanol–water partition coefficient (Wildman–Crippen LogP) is 5.01. The van der Waals surface area contributed by atoms with Gasteiger partial charge in [0.15, 0.2) is 17.2 Å². The first-order valence-corrected chi connectivity index (χ1v) is 10.6. The molecular formula is C23H22Cl2N4O4. The quantitative estimate of drug-likeness (QED) is 0.219. The molecule has 0 saturated carbocycles. The number of hydrogen-bond donors (Lipinski definition) is 2. The minimum Gasteiger partial charge on any atom is -0.493 e. The first-order valence-electron chi connectivity index (χ1n) is 9.83. The Labute approximate surface area is 200 Å². The van der Waals surface area contributed by atoms with Gasteiger partial charge in [0, 0.05) is 16.1 Å². The number of aromatic nitrogens is 2. The lowest BCUT2D eigenvalue weighted by Crippen LogP contribution is -2.18. The van der Waals surface area contributed by atoms with Crippen molar-refractivity contribution in [3.8, 4) is 11.5 Å². The number of methoxy groups -OCH3 is 1. The highest BCUT2D eigenvalue weighted by Gasteiger charge is 2.19. The fourth-order valence-electron chi connectivity index (χ4n) is 2.70. The number of hydrogen-bond acceptors (Lipinski definition) is 6. The van der Waals surface area contributed by atoms with Gasteiger partial charge in [-0.2, -0.15) is 10.2 Å². The molecule has 0 fully saturated rings. The fraction of sp³-hybridized carbons (Fsp3) is 0.217. The molecule has 0 aliphatic carbocycles. The summed E-state index contributed by atoms with van der Waals surface area (Å²) in [6.45, 7) is 6.04. The Kier molecular flexibility index (Phi) is 7.40. The third-order valence-corrected chi connectivity index (χ3v) is 5.09. The number of nitrogens with zero attached hydrogens (tertiary/aromatic N) is 2. The van der Waals surface area contributed by atoms with Gasteiger partial charge in [-0.05, 0) is 48.0 Å². The predicted molar refractivity (Wildman–Crippen MR) is 127 cm³/mol. The Morgan fingerprint density at radius 2 is 1.85 bits per heavy atom. The van der Waals surface area contributed by atoms with E-state index in [4.69, 9.17) is 32.7 Å². The first-order chi connectivity index (χ1) is 15.6. The number of rotatable bonds is 6. The lowest BCUT2D eigenvalue weighted by atomic mass is 9.92. The third-order valence-electron chi connectivity index (χ3n) is 4.54. The molecule has 0 spiro atoms. The van der Waals surface area contributed by atoms with Gasteiger partial charge in [-0.1, -0.05) is 44.0 Å². The Hall–Kier alpha value is -3.36. The zero-order valence-corrected chi connectivity index (χ0v) is 19.9. The first kappa shape index (κ1) is 24.3. The highest BCUT2D eigenvalue weighted by molar-refractivity contribution is 6.36. The van der Waals surface area contributed by atoms with Crippen LogP contribution in [0.15, 0.2) is 47.6 Å². The van der Waals surface area contributed by atoms with Gasteiger partial charge in [0.2, 0.25) is 0 Å². The van der Waals surface area contributed by atoms with Gasteiger partial charge in [0.05, 0.1) is 23.9 Å². The molecule has 2 aromatic carbocycles. The zero-order chi connectivity index (χ0) is 24.2. The summed E-state index contributed by atoms with van der Waals surface area (Å²) in [5.74, 6) is -0.612. The average Bonchev–Trinajstić information content (AvgIpc) is 3.25. The summed E-state index contributed by atoms with van der Waals surface area (Å²) in [6, 6.07) is 11.0. The van der Waals surface area contributed by atoms with Crippen LogP contribution in [0, 0.1) is 0 Å². The molecule has 0 unspecified atom stereocenters. The summed E-state index contributed by atoms with van der Waals surface area (Å²) in [4.78, 5) is 24.7. The van der Waals surface area contributed by atoms with E-state index in [2.05, 4.69) is 20.7 Å². The van der Waals surface area contributed by atoms with E-state index in [0.717, 1.165) is 5.69 Å². The highest BCUT2D eigenvalue weighted by Crippen LogP contribution is 2.30. The van der Waals surface area contributed by atoms with Crippen LogP contribution in [0.5, 0.6) is 11.5 Å². The van der Waals surface area contributed by atoms with Crippen molar-refractivity contribution in [1.29, 1.82) is 0 Å². The number of esters is 1. The number of benzene rings is 2. The molecule has 3 rings (SSSR count). The molecule has 0 aliphatic rings. The van der Waals surface area contributed by atoms with Gasteiger partial charge in [0.25, 0.3) is 5.91 Å². The van der Waals surface area contributed by atoms with Crippen LogP contribution in [-0.4, -0.2) is 35.4 Å². The van der Waals surface area contributed by atoms with E-state index in [0.29, 0.717) is 16.3 Å². The van der Waals surface area contributed by atoms with E-state index in [-0.39, 0.29) is 27.4 Å². The molecule has 172 valence electrons. The summed E-state index contributed by atoms with van der Waals surface area (Å²) in [5, 5.41) is 11.4. The number of ether oxygens (including phenoxy) is 2. The standard InChI is InChI=1S/C23H22Cl2N4O4/c1-23(2,3)20-11-17(27-28-20)21(30)29-26-12-13-5-8-18(19(9-13)32-4)33-22(31)15-7-6-14(24)10-16(15)25/h5-12H,1-4H3,(H,27,28)(H,29,30)/b26-12-. The Morgan fingerprint density at radius 1 is 1.09 bits per heavy atom. The summed E-state index contributed by atoms with van der Waals surface area (Å²) < 4.78 is 10.7. The monoisotopic (exact) mass is 488 g/mol. The molecule has 0 bridgehead atoms. The molecule has 2 N–H and O–H groups in total. The molecule has 1 heterocycles. The maximum atomic E-state index is 12.5. The number of aromatic amines is 1. The molecule has 33 heavy (non-hydrogen) atoms. The van der Waals surface area contributed by atoms with Gasteiger partial charge in [-0.3, -0.25) is 9.89 Å². The zero-order valence-electron chi connectivity index (χ0n) is 18.4. The minimum absolute atomic E-state index is 0.157. The van der Waals surface area contributed by atoms with Crippen LogP contribution in [0.4, 0.5) is 0 Å². The molecule has 8 nitrogen and oxygen atoms in total. The maximum absolute atomic E-state index is 12.5. The van der Waals surface area contributed by atoms with E-state index in [1.165, 1.54) is 25.5 Å². The number of hydrazone groups is 1. The second-order valence-corrected chi connectivity index (χ2v) is 8.88. The summed E-state index contributed by atoms with van der Waals surface area (Å²) >= 11 is 11.9. The number of carbonyl (C=O) groups is 2. The Morgan fingerprint density at radius 3 is 2.48 bits per heavy atom. The van der Waals surface area contributed by atoms with Crippen molar-refractivity contribution >= 4 is 41.3 Å². The second kappa shape index (κ2) is 10.1. The third kappa shape index (κ3) is 6.12. The Bertz CT molecular complexity index is 1220. The fourth-order valence-corrected chi connectivity index (χ4v) is 3.19. The van der Waals surface area contributed by atoms with E-state index in [1.807, 2.05) is 20.8 Å². The molecule has 1 amide bonds. The largest absolute Gasteiger partial charge is 0.493 e. The maximum Gasteiger partial charge on any atom is 0.345 e. The van der Waals surface area contributed by atoms with Crippen molar-refractivity contribution in [2.24, 2.45) is 5.10 Å². The SMILES string of the molecule is COc1cc(/C=N\NC(=O)c2cc(C(C)(C)C)[nH]n2)ccc1OC(=O)c1ccc(Cl)cc1Cl. The summed E-state index contributed by atoms with van der Waals surface area (Å²) in [7, 11) is 1.44. The average molecular weight is 489 g/mol. The van der Waals surface area contributed by atoms with Crippen LogP contribution in [0.25, 0.3) is 0 Å². The van der Waals surface area contributed by atoms with E-state index in [1.54, 1.807) is 30.3 Å². The van der Waals surface area contributed by atoms with Crippen LogP contribution < -0.4 is 14.9 Å². The molecule has 0 saturated heterocycles. The van der Waals surface area contributed by atoms with Gasteiger partial charge in [-0.15, -0.1) is 0 Å². The second-order valence-electron chi connectivity index (χ2n) is 8.04. The molecule has 0 radical (unpaired) electrons. The van der Waals surface area contributed by atoms with Gasteiger partial charge in [-0.25, -0.2) is 10.2 Å². The van der Waals surface area contributed by atoms with Crippen molar-refractivity contribution in [2.45, 2.75) is 26.2 Å². The highest BCUT2D eigenvalue weighted by atomic mass is 35.5. The lowest BCUT2D eigenvalue weighted by Gasteiger charge is -2.14. The number of carbonyl (C=O) groups excluding carboxylic acids is 2. The molecule has 3 aromatic rings. The Balaban J connectivity index is 1.67. The van der Waals surface area contributed by atoms with E-state index >= 15 is 0 Å². The number of H-pyrrole nitrogens is 1. The number of nitrogens with one attached hydrogen (secondary N) is 2. The van der Waals surface area contributed by atoms with Crippen molar-refractivity contribution in [2.75, 3.05) is 7.11 Å². The minimum atomic E-state index is -0.655. The van der Waals surface area contributed by atoms with E-state index in [9.17, 15) is 9.59 Å². The molecule has 1 aromatic heterocycles. The van der Waals surface area contributed by atoms with Crippen molar-refractivity contribution in [1.82, 2.24) is 15.6 Å². The summed E-state index contributed by atoms with van der Waals surface area (Å²) in [6.07, 6.45) is 1.43. The van der Waals surface area contributed by atoms with Crippen LogP contribution in [-0.2, 0) is 5.41 Å². The van der Waals surface area contributed by atoms with Crippen LogP contribution in [0.2, 0.25) is 10.0 Å². The summed E-state index contributed by atoms with van der Waals surface area (Å²) in [5.41, 5.74) is 4.12. The van der Waals surface area contributed by atoms with Crippen LogP contribution in [0.3, 0.4) is 0 Å².